The standard InChI is InChI=1S/C18H32O2/c1-4-6-8-10-12-17(19)15-14-16(3)18(20)13-11-9-7-5-2/h3-15H2,1-2H3. The lowest BCUT2D eigenvalue weighted by Crippen LogP contribution is -2.05. The average molecular weight is 280 g/mol. The van der Waals surface area contributed by atoms with E-state index in [1.807, 2.05) is 0 Å². The highest BCUT2D eigenvalue weighted by Gasteiger charge is 2.09. The quantitative estimate of drug-likeness (QED) is 0.315. The van der Waals surface area contributed by atoms with Gasteiger partial charge in [0, 0.05) is 19.3 Å². The Kier molecular flexibility index (Phi) is 12.5. The highest BCUT2D eigenvalue weighted by Crippen LogP contribution is 2.13. The minimum Gasteiger partial charge on any atom is -0.300 e. The first-order valence-corrected chi connectivity index (χ1v) is 8.34. The molecule has 0 radical (unpaired) electrons. The van der Waals surface area contributed by atoms with Gasteiger partial charge in [0.2, 0.25) is 0 Å². The van der Waals surface area contributed by atoms with Crippen molar-refractivity contribution in [1.82, 2.24) is 0 Å². The molecule has 0 aromatic heterocycles. The summed E-state index contributed by atoms with van der Waals surface area (Å²) in [6.07, 6.45) is 11.3. The van der Waals surface area contributed by atoms with Crippen molar-refractivity contribution in [2.24, 2.45) is 0 Å². The fourth-order valence-electron chi connectivity index (χ4n) is 2.19. The fourth-order valence-corrected chi connectivity index (χ4v) is 2.19. The third-order valence-corrected chi connectivity index (χ3v) is 3.67. The predicted molar refractivity (Wildman–Crippen MR) is 85.9 cm³/mol. The average Bonchev–Trinajstić information content (AvgIpc) is 2.45. The van der Waals surface area contributed by atoms with Gasteiger partial charge < -0.3 is 0 Å². The Morgan fingerprint density at radius 2 is 1.25 bits per heavy atom. The van der Waals surface area contributed by atoms with E-state index < -0.39 is 0 Å². The van der Waals surface area contributed by atoms with Gasteiger partial charge in [-0.05, 0) is 24.8 Å². The molecule has 0 spiro atoms. The summed E-state index contributed by atoms with van der Waals surface area (Å²) in [4.78, 5) is 23.5. The van der Waals surface area contributed by atoms with Crippen molar-refractivity contribution in [1.29, 1.82) is 0 Å². The van der Waals surface area contributed by atoms with Crippen LogP contribution >= 0.6 is 0 Å². The van der Waals surface area contributed by atoms with Crippen LogP contribution in [0.3, 0.4) is 0 Å². The first-order valence-electron chi connectivity index (χ1n) is 8.34. The maximum Gasteiger partial charge on any atom is 0.158 e. The second-order valence-corrected chi connectivity index (χ2v) is 5.69. The number of allylic oxidation sites excluding steroid dienone is 1. The molecule has 0 rings (SSSR count). The number of rotatable bonds is 14. The summed E-state index contributed by atoms with van der Waals surface area (Å²) in [5.74, 6) is 0.431. The molecule has 0 N–H and O–H groups in total. The van der Waals surface area contributed by atoms with Gasteiger partial charge in [-0.2, -0.15) is 0 Å². The number of carbonyl (C=O) groups is 2. The summed E-state index contributed by atoms with van der Waals surface area (Å²) in [7, 11) is 0. The van der Waals surface area contributed by atoms with E-state index in [2.05, 4.69) is 20.4 Å². The zero-order valence-electron chi connectivity index (χ0n) is 13.5. The molecule has 0 aromatic carbocycles. The van der Waals surface area contributed by atoms with Crippen molar-refractivity contribution in [3.05, 3.63) is 12.2 Å². The molecule has 0 aliphatic rings. The third kappa shape index (κ3) is 11.0. The molecule has 0 heterocycles. The predicted octanol–water partition coefficient (Wildman–Crippen LogP) is 5.40. The summed E-state index contributed by atoms with van der Waals surface area (Å²) < 4.78 is 0. The van der Waals surface area contributed by atoms with E-state index in [1.165, 1.54) is 25.7 Å². The highest BCUT2D eigenvalue weighted by molar-refractivity contribution is 5.95. The van der Waals surface area contributed by atoms with Gasteiger partial charge in [-0.3, -0.25) is 9.59 Å². The lowest BCUT2D eigenvalue weighted by molar-refractivity contribution is -0.119. The lowest BCUT2D eigenvalue weighted by Gasteiger charge is -2.05. The molecular formula is C18H32O2. The molecule has 2 nitrogen and oxygen atoms in total. The number of Topliss-reactive ketones (excluding diaryl/α,β-unsaturated/α-hetero) is 2. The molecule has 0 saturated carbocycles. The largest absolute Gasteiger partial charge is 0.300 e. The lowest BCUT2D eigenvalue weighted by atomic mass is 9.99. The summed E-state index contributed by atoms with van der Waals surface area (Å²) in [6, 6.07) is 0. The second kappa shape index (κ2) is 13.1. The molecular weight excluding hydrogens is 248 g/mol. The first-order chi connectivity index (χ1) is 9.61. The summed E-state index contributed by atoms with van der Waals surface area (Å²) in [5.41, 5.74) is 0.642. The number of ketones is 2. The number of carbonyl (C=O) groups excluding carboxylic acids is 2. The van der Waals surface area contributed by atoms with Gasteiger partial charge in [0.25, 0.3) is 0 Å². The van der Waals surface area contributed by atoms with Crippen molar-refractivity contribution < 1.29 is 9.59 Å². The van der Waals surface area contributed by atoms with Crippen LogP contribution in [0.2, 0.25) is 0 Å². The Morgan fingerprint density at radius 3 is 1.80 bits per heavy atom. The van der Waals surface area contributed by atoms with Crippen LogP contribution < -0.4 is 0 Å². The van der Waals surface area contributed by atoms with E-state index in [0.29, 0.717) is 31.3 Å². The van der Waals surface area contributed by atoms with Gasteiger partial charge in [0.05, 0.1) is 0 Å². The monoisotopic (exact) mass is 280 g/mol. The zero-order valence-corrected chi connectivity index (χ0v) is 13.5. The van der Waals surface area contributed by atoms with Gasteiger partial charge in [-0.1, -0.05) is 59.0 Å². The summed E-state index contributed by atoms with van der Waals surface area (Å²) >= 11 is 0. The molecule has 2 heteroatoms. The topological polar surface area (TPSA) is 34.1 Å². The SMILES string of the molecule is C=C(CCC(=O)CCCCCC)C(=O)CCCCCC. The third-order valence-electron chi connectivity index (χ3n) is 3.67. The molecule has 0 bridgehead atoms. The molecule has 0 aliphatic carbocycles. The van der Waals surface area contributed by atoms with Gasteiger partial charge >= 0.3 is 0 Å². The van der Waals surface area contributed by atoms with Gasteiger partial charge in [0.1, 0.15) is 5.78 Å². The normalized spacial score (nSPS) is 10.5. The molecule has 0 aliphatic heterocycles. The Hall–Kier alpha value is -0.920. The number of hydrogen-bond donors (Lipinski definition) is 0. The van der Waals surface area contributed by atoms with E-state index in [1.54, 1.807) is 0 Å². The molecule has 0 unspecified atom stereocenters. The maximum atomic E-state index is 11.8. The van der Waals surface area contributed by atoms with Crippen LogP contribution in [0.1, 0.15) is 90.9 Å². The Morgan fingerprint density at radius 1 is 0.700 bits per heavy atom. The van der Waals surface area contributed by atoms with E-state index in [9.17, 15) is 9.59 Å². The Balaban J connectivity index is 3.64. The molecule has 0 amide bonds. The van der Waals surface area contributed by atoms with Crippen LogP contribution in [0.25, 0.3) is 0 Å². The van der Waals surface area contributed by atoms with Crippen molar-refractivity contribution in [2.75, 3.05) is 0 Å². The minimum absolute atomic E-state index is 0.153. The van der Waals surface area contributed by atoms with Crippen LogP contribution in [-0.2, 0) is 9.59 Å². The number of hydrogen-bond acceptors (Lipinski definition) is 2. The summed E-state index contributed by atoms with van der Waals surface area (Å²) in [5, 5.41) is 0. The van der Waals surface area contributed by atoms with Crippen molar-refractivity contribution >= 4 is 11.6 Å². The molecule has 0 aromatic rings. The van der Waals surface area contributed by atoms with Crippen molar-refractivity contribution in [2.45, 2.75) is 90.9 Å². The maximum absolute atomic E-state index is 11.8. The smallest absolute Gasteiger partial charge is 0.158 e. The van der Waals surface area contributed by atoms with Gasteiger partial charge in [0.15, 0.2) is 5.78 Å². The van der Waals surface area contributed by atoms with Gasteiger partial charge in [-0.25, -0.2) is 0 Å². The van der Waals surface area contributed by atoms with E-state index >= 15 is 0 Å². The molecule has 116 valence electrons. The van der Waals surface area contributed by atoms with Crippen molar-refractivity contribution in [3.63, 3.8) is 0 Å². The van der Waals surface area contributed by atoms with E-state index in [0.717, 1.165) is 25.7 Å². The second-order valence-electron chi connectivity index (χ2n) is 5.69. The van der Waals surface area contributed by atoms with E-state index in [4.69, 9.17) is 0 Å². The van der Waals surface area contributed by atoms with Crippen LogP contribution in [0.15, 0.2) is 12.2 Å². The Labute approximate surface area is 125 Å². The molecule has 0 fully saturated rings. The fraction of sp³-hybridized carbons (Fsp3) is 0.778. The Bertz CT molecular complexity index is 292. The molecule has 0 saturated heterocycles. The zero-order chi connectivity index (χ0) is 15.2. The van der Waals surface area contributed by atoms with E-state index in [-0.39, 0.29) is 11.6 Å². The molecule has 20 heavy (non-hydrogen) atoms. The minimum atomic E-state index is 0.153. The van der Waals surface area contributed by atoms with Crippen LogP contribution in [0.4, 0.5) is 0 Å². The van der Waals surface area contributed by atoms with Gasteiger partial charge in [-0.15, -0.1) is 0 Å². The molecule has 0 atom stereocenters. The van der Waals surface area contributed by atoms with Crippen molar-refractivity contribution in [3.8, 4) is 0 Å². The highest BCUT2D eigenvalue weighted by atomic mass is 16.1. The van der Waals surface area contributed by atoms with Crippen LogP contribution in [-0.4, -0.2) is 11.6 Å². The first kappa shape index (κ1) is 19.1. The van der Waals surface area contributed by atoms with Crippen LogP contribution in [0, 0.1) is 0 Å². The van der Waals surface area contributed by atoms with Crippen LogP contribution in [0.5, 0.6) is 0 Å². The summed E-state index contributed by atoms with van der Waals surface area (Å²) in [6.45, 7) is 8.16. The number of unbranched alkanes of at least 4 members (excludes halogenated alkanes) is 6.